The number of hydrogen-bond donors (Lipinski definition) is 0. The zero-order valence-corrected chi connectivity index (χ0v) is 23.2. The minimum atomic E-state index is -0.489. The number of nitrogens with zero attached hydrogens (tertiary/aromatic N) is 3. The summed E-state index contributed by atoms with van der Waals surface area (Å²) in [6.07, 6.45) is 1.62. The number of imide groups is 1. The number of carbonyl (C=O) groups excluding carboxylic acids is 3. The van der Waals surface area contributed by atoms with Gasteiger partial charge in [-0.05, 0) is 48.2 Å². The largest absolute Gasteiger partial charge is 0.488 e. The second-order valence-corrected chi connectivity index (χ2v) is 10.9. The van der Waals surface area contributed by atoms with Crippen molar-refractivity contribution < 1.29 is 19.1 Å². The number of para-hydroxylation sites is 2. The van der Waals surface area contributed by atoms with Crippen molar-refractivity contribution >= 4 is 63.8 Å². The van der Waals surface area contributed by atoms with Crippen LogP contribution >= 0.6 is 35.0 Å². The van der Waals surface area contributed by atoms with Gasteiger partial charge in [0.2, 0.25) is 5.91 Å². The van der Waals surface area contributed by atoms with Gasteiger partial charge in [-0.15, -0.1) is 0 Å². The van der Waals surface area contributed by atoms with Crippen molar-refractivity contribution in [2.24, 2.45) is 0 Å². The van der Waals surface area contributed by atoms with Crippen LogP contribution in [0.25, 0.3) is 6.08 Å². The smallest absolute Gasteiger partial charge is 0.294 e. The third kappa shape index (κ3) is 6.41. The van der Waals surface area contributed by atoms with Gasteiger partial charge in [-0.1, -0.05) is 65.7 Å². The van der Waals surface area contributed by atoms with Crippen LogP contribution in [0.4, 0.5) is 10.5 Å². The van der Waals surface area contributed by atoms with Crippen LogP contribution in [-0.4, -0.2) is 59.6 Å². The molecule has 0 bridgehead atoms. The SMILES string of the molecule is O=C(CN1C(=O)S/C(=C/c2ccccc2OCc2ccc(Cl)cc2Cl)C1=O)N1CCN(c2ccccc2)CC1. The normalized spacial score (nSPS) is 16.8. The van der Waals surface area contributed by atoms with E-state index >= 15 is 0 Å². The molecule has 3 amide bonds. The standard InChI is InChI=1S/C29H25Cl2N3O4S/c30-22-11-10-21(24(31)17-22)19-38-25-9-5-4-6-20(25)16-26-28(36)34(29(37)39-26)18-27(35)33-14-12-32(13-15-33)23-7-2-1-3-8-23/h1-11,16-17H,12-15,18-19H2/b26-16+. The summed E-state index contributed by atoms with van der Waals surface area (Å²) in [6.45, 7) is 2.37. The molecule has 10 heteroatoms. The Kier molecular flexibility index (Phi) is 8.45. The van der Waals surface area contributed by atoms with E-state index in [9.17, 15) is 14.4 Å². The summed E-state index contributed by atoms with van der Waals surface area (Å²) in [5, 5.41) is 0.564. The number of carbonyl (C=O) groups is 3. The Bertz CT molecular complexity index is 1430. The molecule has 2 aliphatic rings. The molecule has 0 saturated carbocycles. The summed E-state index contributed by atoms with van der Waals surface area (Å²) < 4.78 is 5.97. The highest BCUT2D eigenvalue weighted by molar-refractivity contribution is 8.18. The number of halogens is 2. The number of hydrogen-bond acceptors (Lipinski definition) is 6. The van der Waals surface area contributed by atoms with Crippen LogP contribution < -0.4 is 9.64 Å². The molecule has 2 aliphatic heterocycles. The molecule has 5 rings (SSSR count). The average Bonchev–Trinajstić information content (AvgIpc) is 3.21. The molecule has 0 spiro atoms. The molecular formula is C29H25Cl2N3O4S. The summed E-state index contributed by atoms with van der Waals surface area (Å²) in [4.78, 5) is 43.9. The number of thioether (sulfide) groups is 1. The number of ether oxygens (including phenoxy) is 1. The van der Waals surface area contributed by atoms with Crippen molar-refractivity contribution in [3.63, 3.8) is 0 Å². The number of benzene rings is 3. The zero-order valence-electron chi connectivity index (χ0n) is 20.9. The molecular weight excluding hydrogens is 557 g/mol. The van der Waals surface area contributed by atoms with Crippen molar-refractivity contribution in [1.29, 1.82) is 0 Å². The first-order valence-electron chi connectivity index (χ1n) is 12.4. The van der Waals surface area contributed by atoms with Crippen molar-refractivity contribution in [1.82, 2.24) is 9.80 Å². The first-order valence-corrected chi connectivity index (χ1v) is 13.9. The molecule has 2 fully saturated rings. The Morgan fingerprint density at radius 2 is 1.64 bits per heavy atom. The van der Waals surface area contributed by atoms with Crippen LogP contribution in [0.3, 0.4) is 0 Å². The van der Waals surface area contributed by atoms with Gasteiger partial charge in [0.15, 0.2) is 0 Å². The van der Waals surface area contributed by atoms with Crippen molar-refractivity contribution in [2.45, 2.75) is 6.61 Å². The van der Waals surface area contributed by atoms with E-state index in [1.54, 1.807) is 41.3 Å². The lowest BCUT2D eigenvalue weighted by Gasteiger charge is -2.36. The summed E-state index contributed by atoms with van der Waals surface area (Å²) in [6, 6.07) is 22.4. The van der Waals surface area contributed by atoms with Gasteiger partial charge in [-0.2, -0.15) is 0 Å². The molecule has 39 heavy (non-hydrogen) atoms. The van der Waals surface area contributed by atoms with Crippen LogP contribution in [0.5, 0.6) is 5.75 Å². The van der Waals surface area contributed by atoms with Crippen LogP contribution in [0.15, 0.2) is 77.7 Å². The third-order valence-corrected chi connectivity index (χ3v) is 8.02. The maximum atomic E-state index is 13.1. The van der Waals surface area contributed by atoms with E-state index < -0.39 is 11.1 Å². The number of amides is 3. The topological polar surface area (TPSA) is 70.2 Å². The third-order valence-electron chi connectivity index (χ3n) is 6.52. The zero-order chi connectivity index (χ0) is 27.4. The van der Waals surface area contributed by atoms with E-state index in [1.165, 1.54) is 0 Å². The highest BCUT2D eigenvalue weighted by atomic mass is 35.5. The molecule has 3 aromatic rings. The second kappa shape index (κ2) is 12.2. The molecule has 0 N–H and O–H groups in total. The van der Waals surface area contributed by atoms with Crippen LogP contribution in [0.1, 0.15) is 11.1 Å². The predicted octanol–water partition coefficient (Wildman–Crippen LogP) is 5.96. The fourth-order valence-electron chi connectivity index (χ4n) is 4.39. The minimum Gasteiger partial charge on any atom is -0.488 e. The lowest BCUT2D eigenvalue weighted by Crippen LogP contribution is -2.51. The van der Waals surface area contributed by atoms with Gasteiger partial charge in [0.25, 0.3) is 11.1 Å². The van der Waals surface area contributed by atoms with Gasteiger partial charge in [0.05, 0.1) is 4.91 Å². The lowest BCUT2D eigenvalue weighted by molar-refractivity contribution is -0.136. The molecule has 2 saturated heterocycles. The Labute approximate surface area is 240 Å². The van der Waals surface area contributed by atoms with Crippen LogP contribution in [0.2, 0.25) is 10.0 Å². The van der Waals surface area contributed by atoms with E-state index in [2.05, 4.69) is 4.90 Å². The minimum absolute atomic E-state index is 0.203. The van der Waals surface area contributed by atoms with Crippen molar-refractivity contribution in [3.8, 4) is 5.75 Å². The van der Waals surface area contributed by atoms with Crippen LogP contribution in [0, 0.1) is 0 Å². The van der Waals surface area contributed by atoms with Gasteiger partial charge >= 0.3 is 0 Å². The summed E-state index contributed by atoms with van der Waals surface area (Å²) in [7, 11) is 0. The summed E-state index contributed by atoms with van der Waals surface area (Å²) in [5.41, 5.74) is 2.51. The van der Waals surface area contributed by atoms with Gasteiger partial charge in [-0.3, -0.25) is 19.3 Å². The molecule has 200 valence electrons. The van der Waals surface area contributed by atoms with E-state index in [4.69, 9.17) is 27.9 Å². The molecule has 7 nitrogen and oxygen atoms in total. The number of rotatable bonds is 7. The monoisotopic (exact) mass is 581 g/mol. The Morgan fingerprint density at radius 3 is 2.38 bits per heavy atom. The number of anilines is 1. The predicted molar refractivity (Wildman–Crippen MR) is 155 cm³/mol. The van der Waals surface area contributed by atoms with Crippen LogP contribution in [-0.2, 0) is 16.2 Å². The Morgan fingerprint density at radius 1 is 0.923 bits per heavy atom. The van der Waals surface area contributed by atoms with E-state index in [0.717, 1.165) is 27.9 Å². The van der Waals surface area contributed by atoms with Crippen molar-refractivity contribution in [3.05, 3.63) is 98.9 Å². The van der Waals surface area contributed by atoms with Crippen molar-refractivity contribution in [2.75, 3.05) is 37.6 Å². The molecule has 0 unspecified atom stereocenters. The van der Waals surface area contributed by atoms with Gasteiger partial charge < -0.3 is 14.5 Å². The quantitative estimate of drug-likeness (QED) is 0.321. The van der Waals surface area contributed by atoms with E-state index in [0.29, 0.717) is 47.5 Å². The summed E-state index contributed by atoms with van der Waals surface area (Å²) in [5.74, 6) is -0.200. The Hall–Kier alpha value is -3.46. The summed E-state index contributed by atoms with van der Waals surface area (Å²) >= 11 is 13.0. The maximum absolute atomic E-state index is 13.1. The van der Waals surface area contributed by atoms with Gasteiger partial charge in [0.1, 0.15) is 18.9 Å². The molecule has 0 atom stereocenters. The van der Waals surface area contributed by atoms with Gasteiger partial charge in [-0.25, -0.2) is 0 Å². The van der Waals surface area contributed by atoms with Gasteiger partial charge in [0, 0.05) is 53.0 Å². The average molecular weight is 583 g/mol. The first kappa shape index (κ1) is 27.1. The molecule has 3 aromatic carbocycles. The highest BCUT2D eigenvalue weighted by Crippen LogP contribution is 2.34. The molecule has 0 aliphatic carbocycles. The first-order chi connectivity index (χ1) is 18.9. The fraction of sp³-hybridized carbons (Fsp3) is 0.207. The highest BCUT2D eigenvalue weighted by Gasteiger charge is 2.37. The lowest BCUT2D eigenvalue weighted by atomic mass is 10.1. The Balaban J connectivity index is 1.21. The molecule has 0 radical (unpaired) electrons. The van der Waals surface area contributed by atoms with E-state index in [-0.39, 0.29) is 24.0 Å². The number of piperazine rings is 1. The molecule has 2 heterocycles. The second-order valence-electron chi connectivity index (χ2n) is 9.03. The molecule has 0 aromatic heterocycles. The fourth-order valence-corrected chi connectivity index (χ4v) is 5.68. The van der Waals surface area contributed by atoms with E-state index in [1.807, 2.05) is 42.5 Å². The maximum Gasteiger partial charge on any atom is 0.294 e.